The Hall–Kier alpha value is -2.57. The van der Waals surface area contributed by atoms with E-state index in [9.17, 15) is 4.79 Å². The lowest BCUT2D eigenvalue weighted by Crippen LogP contribution is -2.01. The maximum absolute atomic E-state index is 11.3. The molecule has 0 spiro atoms. The van der Waals surface area contributed by atoms with Gasteiger partial charge in [-0.05, 0) is 12.1 Å². The van der Waals surface area contributed by atoms with Gasteiger partial charge in [-0.15, -0.1) is 5.10 Å². The van der Waals surface area contributed by atoms with Gasteiger partial charge in [0, 0.05) is 6.07 Å². The molecule has 7 nitrogen and oxygen atoms in total. The number of aromatic nitrogens is 3. The second kappa shape index (κ2) is 4.02. The van der Waals surface area contributed by atoms with Crippen LogP contribution in [-0.2, 0) is 4.74 Å². The molecule has 1 aromatic carbocycles. The molecule has 0 N–H and O–H groups in total. The van der Waals surface area contributed by atoms with Crippen molar-refractivity contribution in [3.8, 4) is 17.2 Å². The van der Waals surface area contributed by atoms with E-state index in [-0.39, 0.29) is 12.5 Å². The third-order valence-electron chi connectivity index (χ3n) is 2.51. The molecule has 0 unspecified atom stereocenters. The molecule has 0 aliphatic carbocycles. The van der Waals surface area contributed by atoms with Crippen LogP contribution in [0.3, 0.4) is 0 Å². The summed E-state index contributed by atoms with van der Waals surface area (Å²) in [6.45, 7) is 0.212. The van der Waals surface area contributed by atoms with Gasteiger partial charge in [-0.1, -0.05) is 5.21 Å². The first kappa shape index (κ1) is 10.6. The Kier molecular flexibility index (Phi) is 2.36. The van der Waals surface area contributed by atoms with Crippen LogP contribution in [0, 0.1) is 0 Å². The molecule has 0 radical (unpaired) electrons. The topological polar surface area (TPSA) is 75.5 Å². The van der Waals surface area contributed by atoms with Crippen molar-refractivity contribution in [2.45, 2.75) is 0 Å². The largest absolute Gasteiger partial charge is 0.464 e. The minimum Gasteiger partial charge on any atom is -0.464 e. The Bertz CT molecular complexity index is 608. The maximum Gasteiger partial charge on any atom is 0.360 e. The average Bonchev–Trinajstić information content (AvgIpc) is 3.05. The summed E-state index contributed by atoms with van der Waals surface area (Å²) < 4.78 is 16.5. The number of hydrogen-bond donors (Lipinski definition) is 0. The molecule has 1 aliphatic rings. The van der Waals surface area contributed by atoms with Crippen LogP contribution in [0.25, 0.3) is 5.69 Å². The lowest BCUT2D eigenvalue weighted by Gasteiger charge is -2.01. The molecule has 0 saturated carbocycles. The maximum atomic E-state index is 11.3. The number of carbonyl (C=O) groups is 1. The summed E-state index contributed by atoms with van der Waals surface area (Å²) in [7, 11) is 1.29. The minimum absolute atomic E-state index is 0.148. The Morgan fingerprint density at radius 3 is 3.06 bits per heavy atom. The number of methoxy groups -OCH3 is 1. The molecule has 0 fully saturated rings. The lowest BCUT2D eigenvalue weighted by molar-refractivity contribution is 0.0594. The molecular weight excluding hydrogens is 238 g/mol. The molecule has 18 heavy (non-hydrogen) atoms. The SMILES string of the molecule is COC(=O)c1cn(-c2ccc3c(c2)OCO3)nn1. The van der Waals surface area contributed by atoms with Gasteiger partial charge in [0.2, 0.25) is 6.79 Å². The Labute approximate surface area is 102 Å². The van der Waals surface area contributed by atoms with Crippen LogP contribution in [-0.4, -0.2) is 34.9 Å². The van der Waals surface area contributed by atoms with Crippen molar-refractivity contribution in [3.63, 3.8) is 0 Å². The van der Waals surface area contributed by atoms with E-state index >= 15 is 0 Å². The van der Waals surface area contributed by atoms with Crippen molar-refractivity contribution in [3.05, 3.63) is 30.1 Å². The van der Waals surface area contributed by atoms with E-state index in [0.717, 1.165) is 5.69 Å². The minimum atomic E-state index is -0.526. The molecule has 0 atom stereocenters. The van der Waals surface area contributed by atoms with Crippen LogP contribution < -0.4 is 9.47 Å². The molecule has 3 rings (SSSR count). The molecule has 0 bridgehead atoms. The van der Waals surface area contributed by atoms with E-state index in [0.29, 0.717) is 11.5 Å². The molecule has 1 aromatic heterocycles. The normalized spacial score (nSPS) is 12.5. The van der Waals surface area contributed by atoms with Crippen molar-refractivity contribution in [1.82, 2.24) is 15.0 Å². The number of fused-ring (bicyclic) bond motifs is 1. The average molecular weight is 247 g/mol. The third-order valence-corrected chi connectivity index (χ3v) is 2.51. The first-order valence-electron chi connectivity index (χ1n) is 5.18. The van der Waals surface area contributed by atoms with Crippen LogP contribution in [0.15, 0.2) is 24.4 Å². The van der Waals surface area contributed by atoms with Crippen molar-refractivity contribution in [2.24, 2.45) is 0 Å². The second-order valence-electron chi connectivity index (χ2n) is 3.58. The smallest absolute Gasteiger partial charge is 0.360 e. The summed E-state index contributed by atoms with van der Waals surface area (Å²) in [5.41, 5.74) is 0.872. The van der Waals surface area contributed by atoms with Gasteiger partial charge in [-0.25, -0.2) is 9.48 Å². The zero-order chi connectivity index (χ0) is 12.5. The highest BCUT2D eigenvalue weighted by atomic mass is 16.7. The first-order valence-corrected chi connectivity index (χ1v) is 5.18. The lowest BCUT2D eigenvalue weighted by atomic mass is 10.3. The molecule has 7 heteroatoms. The summed E-state index contributed by atoms with van der Waals surface area (Å²) >= 11 is 0. The first-order chi connectivity index (χ1) is 8.78. The van der Waals surface area contributed by atoms with Crippen LogP contribution in [0.4, 0.5) is 0 Å². The summed E-state index contributed by atoms with van der Waals surface area (Å²) in [6.07, 6.45) is 1.49. The number of hydrogen-bond acceptors (Lipinski definition) is 6. The Balaban J connectivity index is 1.95. The van der Waals surface area contributed by atoms with Crippen LogP contribution in [0.5, 0.6) is 11.5 Å². The number of rotatable bonds is 2. The fraction of sp³-hybridized carbons (Fsp3) is 0.182. The van der Waals surface area contributed by atoms with Crippen molar-refractivity contribution in [1.29, 1.82) is 0 Å². The van der Waals surface area contributed by atoms with Crippen molar-refractivity contribution in [2.75, 3.05) is 13.9 Å². The van der Waals surface area contributed by atoms with Gasteiger partial charge >= 0.3 is 5.97 Å². The quantitative estimate of drug-likeness (QED) is 0.730. The predicted molar refractivity (Wildman–Crippen MR) is 58.8 cm³/mol. The van der Waals surface area contributed by atoms with Crippen molar-refractivity contribution < 1.29 is 19.0 Å². The number of ether oxygens (including phenoxy) is 3. The van der Waals surface area contributed by atoms with Crippen LogP contribution in [0.2, 0.25) is 0 Å². The Morgan fingerprint density at radius 1 is 1.39 bits per heavy atom. The summed E-state index contributed by atoms with van der Waals surface area (Å²) in [5, 5.41) is 7.57. The third kappa shape index (κ3) is 1.65. The van der Waals surface area contributed by atoms with E-state index in [1.165, 1.54) is 18.0 Å². The van der Waals surface area contributed by atoms with Gasteiger partial charge in [0.05, 0.1) is 19.0 Å². The second-order valence-corrected chi connectivity index (χ2v) is 3.58. The molecular formula is C11H9N3O4. The standard InChI is InChI=1S/C11H9N3O4/c1-16-11(15)8-5-14(13-12-8)7-2-3-9-10(4-7)18-6-17-9/h2-5H,6H2,1H3. The predicted octanol–water partition coefficient (Wildman–Crippen LogP) is 0.783. The molecule has 0 amide bonds. The van der Waals surface area contributed by atoms with Gasteiger partial charge in [-0.3, -0.25) is 0 Å². The summed E-state index contributed by atoms with van der Waals surface area (Å²) in [6, 6.07) is 5.33. The summed E-state index contributed by atoms with van der Waals surface area (Å²) in [5.74, 6) is 0.802. The van der Waals surface area contributed by atoms with E-state index in [2.05, 4.69) is 15.0 Å². The van der Waals surface area contributed by atoms with E-state index in [4.69, 9.17) is 9.47 Å². The number of benzene rings is 1. The molecule has 2 aromatic rings. The summed E-state index contributed by atoms with van der Waals surface area (Å²) in [4.78, 5) is 11.3. The van der Waals surface area contributed by atoms with Crippen molar-refractivity contribution >= 4 is 5.97 Å². The van der Waals surface area contributed by atoms with Gasteiger partial charge in [-0.2, -0.15) is 0 Å². The highest BCUT2D eigenvalue weighted by Crippen LogP contribution is 2.33. The van der Waals surface area contributed by atoms with Gasteiger partial charge in [0.25, 0.3) is 0 Å². The van der Waals surface area contributed by atoms with E-state index < -0.39 is 5.97 Å². The monoisotopic (exact) mass is 247 g/mol. The molecule has 1 aliphatic heterocycles. The number of carbonyl (C=O) groups excluding carboxylic acids is 1. The van der Waals surface area contributed by atoms with Crippen LogP contribution in [0.1, 0.15) is 10.5 Å². The van der Waals surface area contributed by atoms with E-state index in [1.54, 1.807) is 18.2 Å². The Morgan fingerprint density at radius 2 is 2.22 bits per heavy atom. The molecule has 0 saturated heterocycles. The van der Waals surface area contributed by atoms with Gasteiger partial charge < -0.3 is 14.2 Å². The fourth-order valence-corrected chi connectivity index (χ4v) is 1.62. The van der Waals surface area contributed by atoms with Gasteiger partial charge in [0.15, 0.2) is 17.2 Å². The molecule has 2 heterocycles. The zero-order valence-electron chi connectivity index (χ0n) is 9.49. The number of esters is 1. The van der Waals surface area contributed by atoms with Gasteiger partial charge in [0.1, 0.15) is 0 Å². The highest BCUT2D eigenvalue weighted by molar-refractivity contribution is 5.86. The highest BCUT2D eigenvalue weighted by Gasteiger charge is 2.16. The number of nitrogens with zero attached hydrogens (tertiary/aromatic N) is 3. The van der Waals surface area contributed by atoms with Crippen LogP contribution >= 0.6 is 0 Å². The van der Waals surface area contributed by atoms with E-state index in [1.807, 2.05) is 0 Å². The fourth-order valence-electron chi connectivity index (χ4n) is 1.62. The zero-order valence-corrected chi connectivity index (χ0v) is 9.49. The molecule has 92 valence electrons.